The first-order valence-corrected chi connectivity index (χ1v) is 10.8. The van der Waals surface area contributed by atoms with E-state index in [9.17, 15) is 4.79 Å². The van der Waals surface area contributed by atoms with E-state index in [1.54, 1.807) is 0 Å². The van der Waals surface area contributed by atoms with Crippen molar-refractivity contribution in [3.05, 3.63) is 71.8 Å². The first-order chi connectivity index (χ1) is 13.5. The lowest BCUT2D eigenvalue weighted by Gasteiger charge is -2.37. The highest BCUT2D eigenvalue weighted by atomic mass is 16.5. The highest BCUT2D eigenvalue weighted by Crippen LogP contribution is 2.36. The van der Waals surface area contributed by atoms with Crippen molar-refractivity contribution in [1.29, 1.82) is 0 Å². The minimum atomic E-state index is -0.144. The summed E-state index contributed by atoms with van der Waals surface area (Å²) < 4.78 is 6.20. The Morgan fingerprint density at radius 2 is 1.46 bits per heavy atom. The van der Waals surface area contributed by atoms with Crippen molar-refractivity contribution in [2.24, 2.45) is 23.7 Å². The van der Waals surface area contributed by atoms with Gasteiger partial charge in [-0.1, -0.05) is 87.9 Å². The molecule has 0 bridgehead atoms. The molecule has 0 heterocycles. The molecule has 1 aliphatic rings. The second-order valence-electron chi connectivity index (χ2n) is 8.88. The third kappa shape index (κ3) is 5.70. The Hall–Kier alpha value is -2.09. The van der Waals surface area contributed by atoms with Crippen LogP contribution in [0, 0.1) is 23.7 Å². The van der Waals surface area contributed by atoms with Gasteiger partial charge in [0.05, 0.1) is 5.92 Å². The van der Waals surface area contributed by atoms with Crippen LogP contribution in [0.15, 0.2) is 60.7 Å². The predicted octanol–water partition coefficient (Wildman–Crippen LogP) is 6.09. The molecule has 0 saturated heterocycles. The zero-order valence-corrected chi connectivity index (χ0v) is 17.5. The van der Waals surface area contributed by atoms with E-state index in [1.165, 1.54) is 24.0 Å². The summed E-state index contributed by atoms with van der Waals surface area (Å²) in [7, 11) is 0. The minimum absolute atomic E-state index is 0.0301. The summed E-state index contributed by atoms with van der Waals surface area (Å²) in [6.45, 7) is 6.79. The summed E-state index contributed by atoms with van der Waals surface area (Å²) in [6.07, 6.45) is 4.92. The van der Waals surface area contributed by atoms with Gasteiger partial charge in [-0.15, -0.1) is 0 Å². The Morgan fingerprint density at radius 3 is 1.96 bits per heavy atom. The fraction of sp³-hybridized carbons (Fsp3) is 0.500. The smallest absolute Gasteiger partial charge is 0.309 e. The summed E-state index contributed by atoms with van der Waals surface area (Å²) in [5, 5.41) is 0. The van der Waals surface area contributed by atoms with E-state index >= 15 is 0 Å². The lowest BCUT2D eigenvalue weighted by molar-refractivity contribution is -0.161. The zero-order chi connectivity index (χ0) is 19.9. The van der Waals surface area contributed by atoms with Crippen molar-refractivity contribution in [3.8, 4) is 0 Å². The van der Waals surface area contributed by atoms with Crippen molar-refractivity contribution in [1.82, 2.24) is 0 Å². The minimum Gasteiger partial charge on any atom is -0.462 e. The molecule has 1 aliphatic carbocycles. The van der Waals surface area contributed by atoms with Crippen LogP contribution in [-0.2, 0) is 22.4 Å². The number of esters is 1. The van der Waals surface area contributed by atoms with Crippen LogP contribution in [0.25, 0.3) is 0 Å². The lowest BCUT2D eigenvalue weighted by atomic mass is 9.75. The second-order valence-corrected chi connectivity index (χ2v) is 8.88. The molecule has 0 amide bonds. The Balaban J connectivity index is 1.75. The number of carbonyl (C=O) groups is 1. The molecule has 28 heavy (non-hydrogen) atoms. The largest absolute Gasteiger partial charge is 0.462 e. The molecular formula is C26H34O2. The van der Waals surface area contributed by atoms with Gasteiger partial charge >= 0.3 is 5.97 Å². The molecule has 0 N–H and O–H groups in total. The summed E-state index contributed by atoms with van der Waals surface area (Å²) in [5.41, 5.74) is 2.38. The van der Waals surface area contributed by atoms with Gasteiger partial charge < -0.3 is 4.74 Å². The van der Waals surface area contributed by atoms with Crippen LogP contribution in [0.5, 0.6) is 0 Å². The van der Waals surface area contributed by atoms with Crippen LogP contribution >= 0.6 is 0 Å². The van der Waals surface area contributed by atoms with Crippen LogP contribution in [0.4, 0.5) is 0 Å². The van der Waals surface area contributed by atoms with Crippen LogP contribution in [0.1, 0.15) is 51.2 Å². The maximum atomic E-state index is 13.3. The standard InChI is InChI=1S/C26H34O2/c1-19(2)24-15-14-20(3)16-25(24)28-26(27)23(17-21-10-6-4-7-11-21)18-22-12-8-5-9-13-22/h4-13,19-20,23-25H,14-18H2,1-3H3/t20-,24+,25+/m0/s1. The van der Waals surface area contributed by atoms with Crippen molar-refractivity contribution in [2.75, 3.05) is 0 Å². The molecule has 0 aliphatic heterocycles. The molecule has 3 atom stereocenters. The van der Waals surface area contributed by atoms with Gasteiger partial charge in [0.15, 0.2) is 0 Å². The fourth-order valence-corrected chi connectivity index (χ4v) is 4.53. The molecule has 2 nitrogen and oxygen atoms in total. The average Bonchev–Trinajstić information content (AvgIpc) is 2.69. The molecular weight excluding hydrogens is 344 g/mol. The quantitative estimate of drug-likeness (QED) is 0.545. The fourth-order valence-electron chi connectivity index (χ4n) is 4.53. The molecule has 0 unspecified atom stereocenters. The number of rotatable bonds is 7. The lowest BCUT2D eigenvalue weighted by Crippen LogP contribution is -2.38. The van der Waals surface area contributed by atoms with E-state index in [1.807, 2.05) is 36.4 Å². The topological polar surface area (TPSA) is 26.3 Å². The van der Waals surface area contributed by atoms with E-state index in [2.05, 4.69) is 45.0 Å². The average molecular weight is 379 g/mol. The maximum Gasteiger partial charge on any atom is 0.309 e. The van der Waals surface area contributed by atoms with E-state index in [-0.39, 0.29) is 18.0 Å². The van der Waals surface area contributed by atoms with Gasteiger partial charge in [-0.05, 0) is 54.6 Å². The SMILES string of the molecule is CC(C)[C@H]1CC[C@H](C)C[C@H]1OC(=O)C(Cc1ccccc1)Cc1ccccc1. The summed E-state index contributed by atoms with van der Waals surface area (Å²) in [6, 6.07) is 20.6. The van der Waals surface area contributed by atoms with Crippen molar-refractivity contribution in [3.63, 3.8) is 0 Å². The van der Waals surface area contributed by atoms with E-state index in [0.717, 1.165) is 19.3 Å². The molecule has 1 fully saturated rings. The number of benzene rings is 2. The van der Waals surface area contributed by atoms with Gasteiger partial charge in [0.1, 0.15) is 6.10 Å². The third-order valence-electron chi connectivity index (χ3n) is 6.21. The van der Waals surface area contributed by atoms with Gasteiger partial charge in [-0.2, -0.15) is 0 Å². The highest BCUT2D eigenvalue weighted by Gasteiger charge is 2.35. The maximum absolute atomic E-state index is 13.3. The molecule has 2 aromatic carbocycles. The Bertz CT molecular complexity index is 681. The summed E-state index contributed by atoms with van der Waals surface area (Å²) >= 11 is 0. The van der Waals surface area contributed by atoms with Crippen molar-refractivity contribution in [2.45, 2.75) is 59.0 Å². The Kier molecular flexibility index (Phi) is 7.30. The molecule has 0 radical (unpaired) electrons. The normalized spacial score (nSPS) is 22.4. The Labute approximate surface area is 170 Å². The monoisotopic (exact) mass is 378 g/mol. The van der Waals surface area contributed by atoms with Crippen molar-refractivity contribution < 1.29 is 9.53 Å². The van der Waals surface area contributed by atoms with Gasteiger partial charge in [0, 0.05) is 0 Å². The molecule has 2 heteroatoms. The van der Waals surface area contributed by atoms with Gasteiger partial charge in [-0.3, -0.25) is 4.79 Å². The predicted molar refractivity (Wildman–Crippen MR) is 115 cm³/mol. The number of hydrogen-bond donors (Lipinski definition) is 0. The summed E-state index contributed by atoms with van der Waals surface area (Å²) in [4.78, 5) is 13.3. The van der Waals surface area contributed by atoms with Crippen molar-refractivity contribution >= 4 is 5.97 Å². The molecule has 3 rings (SSSR count). The molecule has 1 saturated carbocycles. The zero-order valence-electron chi connectivity index (χ0n) is 17.5. The van der Waals surface area contributed by atoms with Crippen LogP contribution in [0.3, 0.4) is 0 Å². The Morgan fingerprint density at radius 1 is 0.929 bits per heavy atom. The van der Waals surface area contributed by atoms with Crippen LogP contribution in [0.2, 0.25) is 0 Å². The highest BCUT2D eigenvalue weighted by molar-refractivity contribution is 5.73. The van der Waals surface area contributed by atoms with Crippen LogP contribution in [-0.4, -0.2) is 12.1 Å². The van der Waals surface area contributed by atoms with Gasteiger partial charge in [-0.25, -0.2) is 0 Å². The van der Waals surface area contributed by atoms with Crippen LogP contribution < -0.4 is 0 Å². The molecule has 0 spiro atoms. The third-order valence-corrected chi connectivity index (χ3v) is 6.21. The molecule has 2 aromatic rings. The first-order valence-electron chi connectivity index (χ1n) is 10.8. The molecule has 150 valence electrons. The van der Waals surface area contributed by atoms with Gasteiger partial charge in [0.25, 0.3) is 0 Å². The number of carbonyl (C=O) groups excluding carboxylic acids is 1. The first kappa shape index (κ1) is 20.6. The second kappa shape index (κ2) is 9.91. The van der Waals surface area contributed by atoms with E-state index < -0.39 is 0 Å². The van der Waals surface area contributed by atoms with Gasteiger partial charge in [0.2, 0.25) is 0 Å². The molecule has 0 aromatic heterocycles. The van der Waals surface area contributed by atoms with E-state index in [0.29, 0.717) is 17.8 Å². The summed E-state index contributed by atoms with van der Waals surface area (Å²) in [5.74, 6) is 1.49. The van der Waals surface area contributed by atoms with E-state index in [4.69, 9.17) is 4.74 Å². The number of ether oxygens (including phenoxy) is 1. The number of hydrogen-bond acceptors (Lipinski definition) is 2.